The van der Waals surface area contributed by atoms with Crippen molar-refractivity contribution in [2.24, 2.45) is 0 Å². The number of benzene rings is 1. The van der Waals surface area contributed by atoms with Crippen LogP contribution in [0.4, 0.5) is 10.5 Å². The second-order valence-electron chi connectivity index (χ2n) is 10.1. The number of aliphatic hydroxyl groups is 1. The zero-order valence-corrected chi connectivity index (χ0v) is 23.0. The van der Waals surface area contributed by atoms with E-state index < -0.39 is 20.5 Å². The lowest BCUT2D eigenvalue weighted by atomic mass is 9.98. The number of hydrogen-bond donors (Lipinski definition) is 2. The molecule has 1 aromatic rings. The Balaban J connectivity index is 2.32. The van der Waals surface area contributed by atoms with Gasteiger partial charge in [-0.15, -0.1) is 0 Å². The second-order valence-corrected chi connectivity index (χ2v) is 14.9. The number of ether oxygens (including phenoxy) is 3. The fourth-order valence-corrected chi connectivity index (χ4v) is 5.15. The molecular formula is C25H40N2O7Si. The summed E-state index contributed by atoms with van der Waals surface area (Å²) in [6.07, 6.45) is 1.88. The number of carbonyl (C=O) groups is 2. The van der Waals surface area contributed by atoms with Crippen molar-refractivity contribution >= 4 is 26.0 Å². The van der Waals surface area contributed by atoms with Crippen LogP contribution in [0.25, 0.3) is 0 Å². The SMILES string of the molecule is C=CCOC(=O)Nc1cc(OC)c(OC)cc1C(=O)N1CC[C@@H](O[Si](C)(C)C(C)(C)C)C[C@H]1CO. The number of rotatable bonds is 9. The third kappa shape index (κ3) is 6.99. The van der Waals surface area contributed by atoms with Gasteiger partial charge in [-0.1, -0.05) is 33.4 Å². The van der Waals surface area contributed by atoms with Crippen molar-refractivity contribution in [1.29, 1.82) is 0 Å². The van der Waals surface area contributed by atoms with Gasteiger partial charge >= 0.3 is 6.09 Å². The van der Waals surface area contributed by atoms with Crippen LogP contribution in [-0.2, 0) is 9.16 Å². The summed E-state index contributed by atoms with van der Waals surface area (Å²) in [6.45, 7) is 14.7. The Hall–Kier alpha value is -2.56. The third-order valence-electron chi connectivity index (χ3n) is 6.73. The molecule has 2 N–H and O–H groups in total. The Morgan fingerprint density at radius 1 is 1.23 bits per heavy atom. The molecule has 1 aromatic carbocycles. The number of carbonyl (C=O) groups excluding carboxylic acids is 2. The summed E-state index contributed by atoms with van der Waals surface area (Å²) in [5.41, 5.74) is 0.429. The second kappa shape index (κ2) is 11.9. The molecule has 1 fully saturated rings. The summed E-state index contributed by atoms with van der Waals surface area (Å²) in [4.78, 5) is 27.5. The van der Waals surface area contributed by atoms with Crippen molar-refractivity contribution in [2.45, 2.75) is 63.9 Å². The Morgan fingerprint density at radius 2 is 1.86 bits per heavy atom. The average molecular weight is 509 g/mol. The Kier molecular flexibility index (Phi) is 9.76. The van der Waals surface area contributed by atoms with Crippen LogP contribution < -0.4 is 14.8 Å². The van der Waals surface area contributed by atoms with Gasteiger partial charge < -0.3 is 28.6 Å². The highest BCUT2D eigenvalue weighted by Gasteiger charge is 2.42. The zero-order chi connectivity index (χ0) is 26.4. The molecule has 196 valence electrons. The standard InChI is InChI=1S/C25H40N2O7Si/c1-9-12-33-24(30)26-20-15-22(32-6)21(31-5)14-19(20)23(29)27-11-10-18(13-17(27)16-28)34-35(7,8)25(2,3)4/h9,14-15,17-18,28H,1,10-13,16H2,2-8H3,(H,26,30)/t17-,18+/m0/s1. The lowest BCUT2D eigenvalue weighted by Crippen LogP contribution is -2.53. The number of methoxy groups -OCH3 is 2. The van der Waals surface area contributed by atoms with Crippen molar-refractivity contribution in [3.05, 3.63) is 30.4 Å². The summed E-state index contributed by atoms with van der Waals surface area (Å²) in [5.74, 6) is 0.357. The normalized spacial score (nSPS) is 18.6. The van der Waals surface area contributed by atoms with Crippen molar-refractivity contribution in [3.63, 3.8) is 0 Å². The van der Waals surface area contributed by atoms with Gasteiger partial charge in [-0.2, -0.15) is 0 Å². The molecule has 35 heavy (non-hydrogen) atoms. The number of nitrogens with one attached hydrogen (secondary N) is 1. The van der Waals surface area contributed by atoms with E-state index in [4.69, 9.17) is 18.6 Å². The Morgan fingerprint density at radius 3 is 2.40 bits per heavy atom. The molecule has 0 radical (unpaired) electrons. The molecule has 9 nitrogen and oxygen atoms in total. The van der Waals surface area contributed by atoms with Crippen LogP contribution in [0, 0.1) is 0 Å². The van der Waals surface area contributed by atoms with Gasteiger partial charge in [-0.25, -0.2) is 4.79 Å². The molecule has 1 aliphatic heterocycles. The van der Waals surface area contributed by atoms with E-state index in [1.807, 2.05) is 0 Å². The van der Waals surface area contributed by atoms with E-state index in [9.17, 15) is 14.7 Å². The minimum atomic E-state index is -1.99. The minimum absolute atomic E-state index is 0.0245. The summed E-state index contributed by atoms with van der Waals surface area (Å²) in [6, 6.07) is 2.62. The predicted octanol–water partition coefficient (Wildman–Crippen LogP) is 4.43. The first-order valence-corrected chi connectivity index (χ1v) is 14.7. The predicted molar refractivity (Wildman–Crippen MR) is 138 cm³/mol. The number of nitrogens with zero attached hydrogens (tertiary/aromatic N) is 1. The molecular weight excluding hydrogens is 468 g/mol. The van der Waals surface area contributed by atoms with E-state index >= 15 is 0 Å². The maximum absolute atomic E-state index is 13.7. The molecule has 0 aromatic heterocycles. The lowest BCUT2D eigenvalue weighted by molar-refractivity contribution is 0.0202. The van der Waals surface area contributed by atoms with Crippen LogP contribution in [0.1, 0.15) is 44.0 Å². The first-order valence-electron chi connectivity index (χ1n) is 11.8. The van der Waals surface area contributed by atoms with Gasteiger partial charge in [-0.05, 0) is 37.0 Å². The average Bonchev–Trinajstić information content (AvgIpc) is 2.80. The summed E-state index contributed by atoms with van der Waals surface area (Å²) >= 11 is 0. The fourth-order valence-electron chi connectivity index (χ4n) is 3.75. The molecule has 0 spiro atoms. The molecule has 0 aliphatic carbocycles. The minimum Gasteiger partial charge on any atom is -0.493 e. The van der Waals surface area contributed by atoms with Crippen molar-refractivity contribution in [1.82, 2.24) is 4.90 Å². The monoisotopic (exact) mass is 508 g/mol. The summed E-state index contributed by atoms with van der Waals surface area (Å²) in [5, 5.41) is 12.8. The molecule has 0 unspecified atom stereocenters. The first-order chi connectivity index (χ1) is 16.4. The molecule has 1 heterocycles. The van der Waals surface area contributed by atoms with Crippen LogP contribution in [0.2, 0.25) is 18.1 Å². The first kappa shape index (κ1) is 28.7. The topological polar surface area (TPSA) is 107 Å². The van der Waals surface area contributed by atoms with E-state index in [0.29, 0.717) is 30.9 Å². The highest BCUT2D eigenvalue weighted by atomic mass is 28.4. The Bertz CT molecular complexity index is 914. The van der Waals surface area contributed by atoms with E-state index in [1.165, 1.54) is 32.4 Å². The molecule has 2 atom stereocenters. The highest BCUT2D eigenvalue weighted by molar-refractivity contribution is 6.74. The van der Waals surface area contributed by atoms with Gasteiger partial charge in [0.2, 0.25) is 0 Å². The van der Waals surface area contributed by atoms with Gasteiger partial charge in [-0.3, -0.25) is 10.1 Å². The largest absolute Gasteiger partial charge is 0.493 e. The number of anilines is 1. The van der Waals surface area contributed by atoms with Crippen LogP contribution in [-0.4, -0.2) is 76.4 Å². The van der Waals surface area contributed by atoms with E-state index in [2.05, 4.69) is 45.8 Å². The maximum atomic E-state index is 13.7. The van der Waals surface area contributed by atoms with E-state index in [0.717, 1.165) is 0 Å². The van der Waals surface area contributed by atoms with Gasteiger partial charge in [0.25, 0.3) is 5.91 Å². The molecule has 1 saturated heterocycles. The van der Waals surface area contributed by atoms with Crippen molar-refractivity contribution in [2.75, 3.05) is 39.3 Å². The summed E-state index contributed by atoms with van der Waals surface area (Å²) in [7, 11) is 0.943. The number of hydrogen-bond acceptors (Lipinski definition) is 7. The number of aliphatic hydroxyl groups excluding tert-OH is 1. The molecule has 10 heteroatoms. The van der Waals surface area contributed by atoms with E-state index in [-0.39, 0.29) is 41.5 Å². The number of piperidine rings is 1. The fraction of sp³-hybridized carbons (Fsp3) is 0.600. The van der Waals surface area contributed by atoms with Gasteiger partial charge in [0.05, 0.1) is 38.1 Å². The van der Waals surface area contributed by atoms with Gasteiger partial charge in [0, 0.05) is 18.7 Å². The smallest absolute Gasteiger partial charge is 0.411 e. The lowest BCUT2D eigenvalue weighted by Gasteiger charge is -2.44. The van der Waals surface area contributed by atoms with Gasteiger partial charge in [0.1, 0.15) is 6.61 Å². The maximum Gasteiger partial charge on any atom is 0.411 e. The van der Waals surface area contributed by atoms with Crippen LogP contribution in [0.5, 0.6) is 11.5 Å². The van der Waals surface area contributed by atoms with Crippen molar-refractivity contribution in [3.8, 4) is 11.5 Å². The molecule has 1 aliphatic rings. The van der Waals surface area contributed by atoms with Crippen LogP contribution >= 0.6 is 0 Å². The summed E-state index contributed by atoms with van der Waals surface area (Å²) < 4.78 is 22.3. The third-order valence-corrected chi connectivity index (χ3v) is 11.3. The molecule has 0 saturated carbocycles. The molecule has 0 bridgehead atoms. The number of likely N-dealkylation sites (tertiary alicyclic amines) is 1. The van der Waals surface area contributed by atoms with Crippen LogP contribution in [0.3, 0.4) is 0 Å². The molecule has 2 rings (SSSR count). The quantitative estimate of drug-likeness (QED) is 0.375. The van der Waals surface area contributed by atoms with Crippen molar-refractivity contribution < 1.29 is 33.3 Å². The Labute approximate surface area is 209 Å². The van der Waals surface area contributed by atoms with Crippen LogP contribution in [0.15, 0.2) is 24.8 Å². The highest BCUT2D eigenvalue weighted by Crippen LogP contribution is 2.39. The zero-order valence-electron chi connectivity index (χ0n) is 22.0. The van der Waals surface area contributed by atoms with Gasteiger partial charge in [0.15, 0.2) is 19.8 Å². The number of amides is 2. The van der Waals surface area contributed by atoms with E-state index in [1.54, 1.807) is 4.90 Å². The molecule has 2 amide bonds.